The fourth-order valence-electron chi connectivity index (χ4n) is 4.17. The molecule has 5 heteroatoms. The van der Waals surface area contributed by atoms with E-state index in [1.807, 2.05) is 4.90 Å². The summed E-state index contributed by atoms with van der Waals surface area (Å²) in [4.78, 5) is 19.2. The Bertz CT molecular complexity index is 814. The smallest absolute Gasteiger partial charge is 0.317 e. The van der Waals surface area contributed by atoms with Crippen molar-refractivity contribution in [1.29, 1.82) is 0 Å². The molecular formula is C23H30N4O. The number of benzene rings is 2. The van der Waals surface area contributed by atoms with Crippen molar-refractivity contribution in [1.82, 2.24) is 15.1 Å². The van der Waals surface area contributed by atoms with Crippen molar-refractivity contribution in [2.75, 3.05) is 50.7 Å². The molecule has 0 aromatic heterocycles. The number of amides is 2. The van der Waals surface area contributed by atoms with Crippen LogP contribution < -0.4 is 10.2 Å². The minimum absolute atomic E-state index is 0.0706. The minimum atomic E-state index is 0.0706. The Morgan fingerprint density at radius 3 is 2.54 bits per heavy atom. The van der Waals surface area contributed by atoms with Crippen molar-refractivity contribution in [2.24, 2.45) is 0 Å². The highest BCUT2D eigenvalue weighted by Crippen LogP contribution is 2.19. The lowest BCUT2D eigenvalue weighted by Gasteiger charge is -2.36. The molecule has 2 aliphatic rings. The van der Waals surface area contributed by atoms with Gasteiger partial charge in [-0.3, -0.25) is 4.90 Å². The quantitative estimate of drug-likeness (QED) is 0.889. The highest BCUT2D eigenvalue weighted by Gasteiger charge is 2.21. The molecule has 5 nitrogen and oxygen atoms in total. The zero-order valence-corrected chi connectivity index (χ0v) is 16.7. The standard InChI is InChI=1S/C23H30N4O/c1-19-5-4-8-22(17-19)26-13-15-27(16-14-26)23(28)24-10-12-25-11-9-20-6-2-3-7-21(20)18-25/h2-8,17H,9-16,18H2,1H3,(H,24,28). The van der Waals surface area contributed by atoms with Crippen LogP contribution in [0.4, 0.5) is 10.5 Å². The molecule has 0 unspecified atom stereocenters. The first kappa shape index (κ1) is 18.8. The Labute approximate surface area is 167 Å². The van der Waals surface area contributed by atoms with E-state index in [-0.39, 0.29) is 6.03 Å². The number of hydrogen-bond acceptors (Lipinski definition) is 3. The highest BCUT2D eigenvalue weighted by atomic mass is 16.2. The van der Waals surface area contributed by atoms with E-state index < -0.39 is 0 Å². The first-order chi connectivity index (χ1) is 13.7. The number of fused-ring (bicyclic) bond motifs is 1. The molecule has 1 N–H and O–H groups in total. The topological polar surface area (TPSA) is 38.8 Å². The normalized spacial score (nSPS) is 17.3. The van der Waals surface area contributed by atoms with Gasteiger partial charge in [-0.05, 0) is 42.2 Å². The Kier molecular flexibility index (Phi) is 5.81. The van der Waals surface area contributed by atoms with Gasteiger partial charge in [0.25, 0.3) is 0 Å². The van der Waals surface area contributed by atoms with E-state index in [9.17, 15) is 4.79 Å². The van der Waals surface area contributed by atoms with E-state index in [4.69, 9.17) is 0 Å². The molecule has 0 bridgehead atoms. The second-order valence-corrected chi connectivity index (χ2v) is 7.84. The molecule has 0 atom stereocenters. The summed E-state index contributed by atoms with van der Waals surface area (Å²) in [5, 5.41) is 3.11. The number of anilines is 1. The Balaban J connectivity index is 1.19. The van der Waals surface area contributed by atoms with Crippen LogP contribution >= 0.6 is 0 Å². The monoisotopic (exact) mass is 378 g/mol. The molecule has 0 radical (unpaired) electrons. The molecular weight excluding hydrogens is 348 g/mol. The lowest BCUT2D eigenvalue weighted by Crippen LogP contribution is -2.52. The van der Waals surface area contributed by atoms with Crippen molar-refractivity contribution in [3.63, 3.8) is 0 Å². The molecule has 0 saturated carbocycles. The van der Waals surface area contributed by atoms with E-state index in [1.165, 1.54) is 22.4 Å². The number of nitrogens with zero attached hydrogens (tertiary/aromatic N) is 3. The molecule has 148 valence electrons. The van der Waals surface area contributed by atoms with Crippen LogP contribution in [0.2, 0.25) is 0 Å². The summed E-state index contributed by atoms with van der Waals surface area (Å²) in [6.07, 6.45) is 1.10. The molecule has 2 aromatic carbocycles. The van der Waals surface area contributed by atoms with Crippen LogP contribution in [-0.4, -0.2) is 61.6 Å². The highest BCUT2D eigenvalue weighted by molar-refractivity contribution is 5.74. The average Bonchev–Trinajstić information content (AvgIpc) is 2.74. The Hall–Kier alpha value is -2.53. The van der Waals surface area contributed by atoms with E-state index >= 15 is 0 Å². The van der Waals surface area contributed by atoms with Crippen LogP contribution in [0, 0.1) is 6.92 Å². The lowest BCUT2D eigenvalue weighted by molar-refractivity contribution is 0.190. The number of urea groups is 1. The van der Waals surface area contributed by atoms with Crippen LogP contribution in [0.25, 0.3) is 0 Å². The van der Waals surface area contributed by atoms with Crippen LogP contribution in [-0.2, 0) is 13.0 Å². The lowest BCUT2D eigenvalue weighted by atomic mass is 10.00. The Morgan fingerprint density at radius 1 is 0.964 bits per heavy atom. The Morgan fingerprint density at radius 2 is 1.75 bits per heavy atom. The van der Waals surface area contributed by atoms with E-state index in [0.29, 0.717) is 6.54 Å². The molecule has 1 fully saturated rings. The van der Waals surface area contributed by atoms with Crippen molar-refractivity contribution in [3.05, 3.63) is 65.2 Å². The second kappa shape index (κ2) is 8.65. The summed E-state index contributed by atoms with van der Waals surface area (Å²) in [7, 11) is 0. The number of aryl methyl sites for hydroxylation is 1. The third kappa shape index (κ3) is 4.47. The molecule has 2 aliphatic heterocycles. The zero-order valence-electron chi connectivity index (χ0n) is 16.7. The average molecular weight is 379 g/mol. The fraction of sp³-hybridized carbons (Fsp3) is 0.435. The maximum Gasteiger partial charge on any atom is 0.317 e. The maximum absolute atomic E-state index is 12.5. The molecule has 2 amide bonds. The van der Waals surface area contributed by atoms with Crippen LogP contribution in [0.5, 0.6) is 0 Å². The van der Waals surface area contributed by atoms with Crippen molar-refractivity contribution in [2.45, 2.75) is 19.9 Å². The van der Waals surface area contributed by atoms with Gasteiger partial charge in [0.05, 0.1) is 0 Å². The summed E-state index contributed by atoms with van der Waals surface area (Å²) >= 11 is 0. The first-order valence-electron chi connectivity index (χ1n) is 10.3. The maximum atomic E-state index is 12.5. The molecule has 2 heterocycles. The van der Waals surface area contributed by atoms with Gasteiger partial charge in [0.1, 0.15) is 0 Å². The van der Waals surface area contributed by atoms with Gasteiger partial charge >= 0.3 is 6.03 Å². The molecule has 4 rings (SSSR count). The van der Waals surface area contributed by atoms with Crippen LogP contribution in [0.1, 0.15) is 16.7 Å². The van der Waals surface area contributed by atoms with E-state index in [2.05, 4.69) is 70.6 Å². The summed E-state index contributed by atoms with van der Waals surface area (Å²) in [6.45, 7) is 9.12. The zero-order chi connectivity index (χ0) is 19.3. The fourth-order valence-corrected chi connectivity index (χ4v) is 4.17. The van der Waals surface area contributed by atoms with Gasteiger partial charge in [-0.2, -0.15) is 0 Å². The van der Waals surface area contributed by atoms with Gasteiger partial charge < -0.3 is 15.1 Å². The largest absolute Gasteiger partial charge is 0.368 e. The third-order valence-electron chi connectivity index (χ3n) is 5.85. The second-order valence-electron chi connectivity index (χ2n) is 7.84. The third-order valence-corrected chi connectivity index (χ3v) is 5.85. The number of hydrogen-bond donors (Lipinski definition) is 1. The van der Waals surface area contributed by atoms with E-state index in [0.717, 1.165) is 52.2 Å². The number of piperazine rings is 1. The van der Waals surface area contributed by atoms with Crippen LogP contribution in [0.15, 0.2) is 48.5 Å². The van der Waals surface area contributed by atoms with Gasteiger partial charge in [0.15, 0.2) is 0 Å². The predicted molar refractivity (Wildman–Crippen MR) is 114 cm³/mol. The summed E-state index contributed by atoms with van der Waals surface area (Å²) in [6, 6.07) is 17.3. The van der Waals surface area contributed by atoms with Gasteiger partial charge in [-0.15, -0.1) is 0 Å². The molecule has 1 saturated heterocycles. The van der Waals surface area contributed by atoms with Gasteiger partial charge in [0, 0.05) is 58.0 Å². The van der Waals surface area contributed by atoms with Crippen molar-refractivity contribution in [3.8, 4) is 0 Å². The van der Waals surface area contributed by atoms with E-state index in [1.54, 1.807) is 0 Å². The molecule has 0 aliphatic carbocycles. The van der Waals surface area contributed by atoms with Crippen molar-refractivity contribution >= 4 is 11.7 Å². The molecule has 2 aromatic rings. The molecule has 0 spiro atoms. The molecule has 28 heavy (non-hydrogen) atoms. The first-order valence-corrected chi connectivity index (χ1v) is 10.3. The summed E-state index contributed by atoms with van der Waals surface area (Å²) in [5.74, 6) is 0. The van der Waals surface area contributed by atoms with Crippen molar-refractivity contribution < 1.29 is 4.79 Å². The summed E-state index contributed by atoms with van der Waals surface area (Å²) in [5.41, 5.74) is 5.42. The van der Waals surface area contributed by atoms with Gasteiger partial charge in [-0.1, -0.05) is 36.4 Å². The predicted octanol–water partition coefficient (Wildman–Crippen LogP) is 2.88. The number of carbonyl (C=O) groups excluding carboxylic acids is 1. The summed E-state index contributed by atoms with van der Waals surface area (Å²) < 4.78 is 0. The van der Waals surface area contributed by atoms with Gasteiger partial charge in [0.2, 0.25) is 0 Å². The van der Waals surface area contributed by atoms with Gasteiger partial charge in [-0.25, -0.2) is 4.79 Å². The number of carbonyl (C=O) groups is 1. The number of rotatable bonds is 4. The SMILES string of the molecule is Cc1cccc(N2CCN(C(=O)NCCN3CCc4ccccc4C3)CC2)c1. The minimum Gasteiger partial charge on any atom is -0.368 e. The van der Waals surface area contributed by atoms with Crippen LogP contribution in [0.3, 0.4) is 0 Å². The number of nitrogens with one attached hydrogen (secondary N) is 1.